The second-order valence-corrected chi connectivity index (χ2v) is 3.99. The van der Waals surface area contributed by atoms with Crippen molar-refractivity contribution >= 4 is 5.57 Å². The molecule has 0 aliphatic heterocycles. The van der Waals surface area contributed by atoms with Crippen molar-refractivity contribution in [3.8, 4) is 0 Å². The molecule has 4 nitrogen and oxygen atoms in total. The molecule has 0 saturated heterocycles. The molecule has 0 unspecified atom stereocenters. The standard InChI is InChI=1S/C13H16FN3O/c1-9(2)10-4-6-11(7-5-10)13(18-3)12(8-14)16-17-15/h4-7,12-13H,1,8H2,2-3H3/t12-,13-/m1/s1. The molecule has 0 aromatic heterocycles. The Hall–Kier alpha value is -1.84. The Bertz CT molecular complexity index is 452. The summed E-state index contributed by atoms with van der Waals surface area (Å²) in [5, 5.41) is 3.41. The lowest BCUT2D eigenvalue weighted by Gasteiger charge is -2.20. The molecule has 1 rings (SSSR count). The summed E-state index contributed by atoms with van der Waals surface area (Å²) < 4.78 is 18.0. The number of rotatable bonds is 6. The van der Waals surface area contributed by atoms with Crippen molar-refractivity contribution in [3.63, 3.8) is 0 Å². The number of benzene rings is 1. The molecule has 0 fully saturated rings. The summed E-state index contributed by atoms with van der Waals surface area (Å²) in [6.45, 7) is 4.99. The zero-order valence-corrected chi connectivity index (χ0v) is 10.5. The van der Waals surface area contributed by atoms with Gasteiger partial charge in [-0.1, -0.05) is 41.5 Å². The van der Waals surface area contributed by atoms with E-state index in [-0.39, 0.29) is 0 Å². The van der Waals surface area contributed by atoms with Crippen LogP contribution in [0.4, 0.5) is 4.39 Å². The minimum Gasteiger partial charge on any atom is -0.376 e. The van der Waals surface area contributed by atoms with Gasteiger partial charge in [0, 0.05) is 12.0 Å². The van der Waals surface area contributed by atoms with Gasteiger partial charge in [0.05, 0.1) is 12.1 Å². The fourth-order valence-electron chi connectivity index (χ4n) is 1.71. The molecule has 0 amide bonds. The molecule has 0 aliphatic carbocycles. The van der Waals surface area contributed by atoms with E-state index >= 15 is 0 Å². The number of halogens is 1. The van der Waals surface area contributed by atoms with Crippen LogP contribution in [0.5, 0.6) is 0 Å². The Kier molecular flexibility index (Phi) is 5.36. The maximum absolute atomic E-state index is 12.8. The van der Waals surface area contributed by atoms with Crippen LogP contribution < -0.4 is 0 Å². The third kappa shape index (κ3) is 3.32. The Morgan fingerprint density at radius 3 is 2.50 bits per heavy atom. The van der Waals surface area contributed by atoms with Gasteiger partial charge in [-0.25, -0.2) is 0 Å². The van der Waals surface area contributed by atoms with Gasteiger partial charge < -0.3 is 4.74 Å². The van der Waals surface area contributed by atoms with E-state index in [2.05, 4.69) is 16.6 Å². The molecule has 0 aliphatic rings. The number of alkyl halides is 1. The molecule has 0 spiro atoms. The molecule has 18 heavy (non-hydrogen) atoms. The van der Waals surface area contributed by atoms with E-state index in [1.807, 2.05) is 31.2 Å². The Labute approximate surface area is 106 Å². The molecule has 96 valence electrons. The van der Waals surface area contributed by atoms with Crippen LogP contribution in [0.2, 0.25) is 0 Å². The summed E-state index contributed by atoms with van der Waals surface area (Å²) in [6, 6.07) is 6.57. The van der Waals surface area contributed by atoms with Crippen molar-refractivity contribution in [1.29, 1.82) is 0 Å². The first kappa shape index (κ1) is 14.2. The van der Waals surface area contributed by atoms with Crippen LogP contribution in [0.25, 0.3) is 16.0 Å². The summed E-state index contributed by atoms with van der Waals surface area (Å²) in [5.41, 5.74) is 11.1. The van der Waals surface area contributed by atoms with Gasteiger partial charge in [-0.05, 0) is 23.6 Å². The van der Waals surface area contributed by atoms with E-state index in [9.17, 15) is 4.39 Å². The summed E-state index contributed by atoms with van der Waals surface area (Å²) in [5.74, 6) is 0. The van der Waals surface area contributed by atoms with Crippen molar-refractivity contribution in [1.82, 2.24) is 0 Å². The summed E-state index contributed by atoms with van der Waals surface area (Å²) >= 11 is 0. The number of allylic oxidation sites excluding steroid dienone is 1. The van der Waals surface area contributed by atoms with E-state index in [0.717, 1.165) is 16.7 Å². The van der Waals surface area contributed by atoms with Gasteiger partial charge >= 0.3 is 0 Å². The first-order valence-electron chi connectivity index (χ1n) is 5.52. The van der Waals surface area contributed by atoms with Crippen molar-refractivity contribution in [3.05, 3.63) is 52.4 Å². The summed E-state index contributed by atoms with van der Waals surface area (Å²) in [4.78, 5) is 2.64. The first-order chi connectivity index (χ1) is 8.63. The van der Waals surface area contributed by atoms with Gasteiger partial charge in [0.25, 0.3) is 0 Å². The normalized spacial score (nSPS) is 13.5. The van der Waals surface area contributed by atoms with E-state index < -0.39 is 18.8 Å². The molecule has 5 heteroatoms. The van der Waals surface area contributed by atoms with Gasteiger partial charge in [0.2, 0.25) is 0 Å². The van der Waals surface area contributed by atoms with Crippen LogP contribution in [-0.2, 0) is 4.74 Å². The van der Waals surface area contributed by atoms with E-state index in [1.54, 1.807) is 0 Å². The quantitative estimate of drug-likeness (QED) is 0.426. The van der Waals surface area contributed by atoms with Crippen molar-refractivity contribution in [2.24, 2.45) is 5.11 Å². The smallest absolute Gasteiger partial charge is 0.101 e. The lowest BCUT2D eigenvalue weighted by atomic mass is 10.00. The van der Waals surface area contributed by atoms with Crippen LogP contribution in [-0.4, -0.2) is 19.8 Å². The number of nitrogens with zero attached hydrogens (tertiary/aromatic N) is 3. The average molecular weight is 249 g/mol. The molecule has 0 saturated carbocycles. The fraction of sp³-hybridized carbons (Fsp3) is 0.385. The van der Waals surface area contributed by atoms with Crippen molar-refractivity contribution in [2.45, 2.75) is 19.1 Å². The zero-order valence-electron chi connectivity index (χ0n) is 10.5. The van der Waals surface area contributed by atoms with Gasteiger partial charge in [-0.3, -0.25) is 4.39 Å². The van der Waals surface area contributed by atoms with Crippen LogP contribution in [0.1, 0.15) is 24.2 Å². The number of methoxy groups -OCH3 is 1. The fourth-order valence-corrected chi connectivity index (χ4v) is 1.71. The largest absolute Gasteiger partial charge is 0.376 e. The maximum atomic E-state index is 12.8. The molecular formula is C13H16FN3O. The predicted molar refractivity (Wildman–Crippen MR) is 69.8 cm³/mol. The average Bonchev–Trinajstić information content (AvgIpc) is 2.39. The molecule has 1 aromatic rings. The van der Waals surface area contributed by atoms with Crippen molar-refractivity contribution in [2.75, 3.05) is 13.8 Å². The van der Waals surface area contributed by atoms with E-state index in [0.29, 0.717) is 0 Å². The Morgan fingerprint density at radius 2 is 2.11 bits per heavy atom. The third-order valence-corrected chi connectivity index (χ3v) is 2.69. The highest BCUT2D eigenvalue weighted by molar-refractivity contribution is 5.61. The van der Waals surface area contributed by atoms with E-state index in [1.165, 1.54) is 7.11 Å². The second kappa shape index (κ2) is 6.79. The number of azide groups is 1. The van der Waals surface area contributed by atoms with E-state index in [4.69, 9.17) is 10.3 Å². The van der Waals surface area contributed by atoms with Gasteiger partial charge in [0.15, 0.2) is 0 Å². The summed E-state index contributed by atoms with van der Waals surface area (Å²) in [6.07, 6.45) is -0.579. The number of hydrogen-bond acceptors (Lipinski definition) is 2. The lowest BCUT2D eigenvalue weighted by molar-refractivity contribution is 0.0722. The second-order valence-electron chi connectivity index (χ2n) is 3.99. The highest BCUT2D eigenvalue weighted by atomic mass is 19.1. The summed E-state index contributed by atoms with van der Waals surface area (Å²) in [7, 11) is 1.47. The zero-order chi connectivity index (χ0) is 13.5. The Morgan fingerprint density at radius 1 is 1.50 bits per heavy atom. The monoisotopic (exact) mass is 249 g/mol. The molecule has 0 N–H and O–H groups in total. The lowest BCUT2D eigenvalue weighted by Crippen LogP contribution is -2.20. The topological polar surface area (TPSA) is 58.0 Å². The van der Waals surface area contributed by atoms with Crippen LogP contribution in [0.15, 0.2) is 36.0 Å². The molecule has 0 bridgehead atoms. The minimum atomic E-state index is -0.851. The van der Waals surface area contributed by atoms with Crippen LogP contribution >= 0.6 is 0 Å². The van der Waals surface area contributed by atoms with Gasteiger partial charge in [-0.15, -0.1) is 0 Å². The van der Waals surface area contributed by atoms with Crippen molar-refractivity contribution < 1.29 is 9.13 Å². The third-order valence-electron chi connectivity index (χ3n) is 2.69. The van der Waals surface area contributed by atoms with Gasteiger partial charge in [0.1, 0.15) is 6.67 Å². The molecule has 0 radical (unpaired) electrons. The highest BCUT2D eigenvalue weighted by Crippen LogP contribution is 2.25. The molecular weight excluding hydrogens is 233 g/mol. The number of ether oxygens (including phenoxy) is 1. The van der Waals surface area contributed by atoms with Crippen LogP contribution in [0, 0.1) is 0 Å². The maximum Gasteiger partial charge on any atom is 0.101 e. The minimum absolute atomic E-state index is 0.579. The van der Waals surface area contributed by atoms with Crippen LogP contribution in [0.3, 0.4) is 0 Å². The molecule has 0 heterocycles. The molecule has 2 atom stereocenters. The number of hydrogen-bond donors (Lipinski definition) is 0. The predicted octanol–water partition coefficient (Wildman–Crippen LogP) is 4.06. The Balaban J connectivity index is 3.01. The SMILES string of the molecule is C=C(C)c1ccc([C@@H](OC)[C@@H](CF)N=[N+]=[N-])cc1. The molecule has 1 aromatic carbocycles. The van der Waals surface area contributed by atoms with Gasteiger partial charge in [-0.2, -0.15) is 0 Å². The first-order valence-corrected chi connectivity index (χ1v) is 5.52. The highest BCUT2D eigenvalue weighted by Gasteiger charge is 2.21.